The topological polar surface area (TPSA) is 74.6 Å². The average Bonchev–Trinajstić information content (AvgIpc) is 2.63. The molecule has 24 heavy (non-hydrogen) atoms. The predicted molar refractivity (Wildman–Crippen MR) is 86.9 cm³/mol. The second kappa shape index (κ2) is 4.35. The van der Waals surface area contributed by atoms with Gasteiger partial charge in [-0.05, 0) is 12.8 Å². The molecule has 0 spiro atoms. The minimum absolute atomic E-state index is 0.0127. The van der Waals surface area contributed by atoms with E-state index in [2.05, 4.69) is 0 Å². The van der Waals surface area contributed by atoms with Crippen LogP contribution in [0.2, 0.25) is 0 Å². The van der Waals surface area contributed by atoms with E-state index in [4.69, 9.17) is 0 Å². The molecule has 0 aliphatic heterocycles. The van der Waals surface area contributed by atoms with Gasteiger partial charge in [0.2, 0.25) is 0 Å². The molecule has 2 aromatic carbocycles. The molecule has 4 nitrogen and oxygen atoms in total. The highest BCUT2D eigenvalue weighted by Gasteiger charge is 2.42. The first kappa shape index (κ1) is 13.5. The highest BCUT2D eigenvalue weighted by Crippen LogP contribution is 2.55. The minimum atomic E-state index is -0.402. The van der Waals surface area contributed by atoms with Gasteiger partial charge in [0.05, 0.1) is 11.1 Å². The lowest BCUT2D eigenvalue weighted by Gasteiger charge is -2.36. The van der Waals surface area contributed by atoms with Crippen LogP contribution in [0.3, 0.4) is 0 Å². The Hall–Kier alpha value is -2.88. The zero-order valence-electron chi connectivity index (χ0n) is 12.7. The van der Waals surface area contributed by atoms with Gasteiger partial charge >= 0.3 is 0 Å². The number of allylic oxidation sites excluding steroid dienone is 2. The van der Waals surface area contributed by atoms with Crippen LogP contribution >= 0.6 is 0 Å². The molecular formula is C20H14O4. The fraction of sp³-hybridized carbons (Fsp3) is 0.200. The van der Waals surface area contributed by atoms with E-state index in [0.717, 1.165) is 12.8 Å². The lowest BCUT2D eigenvalue weighted by molar-refractivity contribution is 0.0973. The van der Waals surface area contributed by atoms with Gasteiger partial charge in [-0.2, -0.15) is 0 Å². The first-order valence-electron chi connectivity index (χ1n) is 8.08. The van der Waals surface area contributed by atoms with Crippen molar-refractivity contribution in [1.82, 2.24) is 0 Å². The third-order valence-electron chi connectivity index (χ3n) is 5.50. The van der Waals surface area contributed by atoms with Crippen molar-refractivity contribution in [1.29, 1.82) is 0 Å². The van der Waals surface area contributed by atoms with Crippen molar-refractivity contribution in [3.63, 3.8) is 0 Å². The molecule has 118 valence electrons. The highest BCUT2D eigenvalue weighted by molar-refractivity contribution is 6.30. The number of hydrogen-bond donors (Lipinski definition) is 2. The third-order valence-corrected chi connectivity index (χ3v) is 5.50. The number of aromatic hydroxyl groups is 2. The van der Waals surface area contributed by atoms with Crippen LogP contribution in [-0.2, 0) is 0 Å². The number of benzene rings is 2. The Morgan fingerprint density at radius 2 is 1.17 bits per heavy atom. The van der Waals surface area contributed by atoms with Crippen LogP contribution in [0.1, 0.15) is 67.6 Å². The van der Waals surface area contributed by atoms with Gasteiger partial charge in [0.1, 0.15) is 11.5 Å². The first-order chi connectivity index (χ1) is 11.6. The predicted octanol–water partition coefficient (Wildman–Crippen LogP) is 3.40. The maximum absolute atomic E-state index is 12.9. The summed E-state index contributed by atoms with van der Waals surface area (Å²) >= 11 is 0. The van der Waals surface area contributed by atoms with Crippen molar-refractivity contribution in [3.8, 4) is 11.5 Å². The standard InChI is InChI=1S/C20H14O4/c21-17-11-3-1-2-4-12(11)18(22)16-15(17)19(23)13-9-5-7-10(8-6-9)14(13)20(16)24/h1-5,7,9-10,23-24H,6,8H2. The molecule has 2 bridgehead atoms. The van der Waals surface area contributed by atoms with Gasteiger partial charge in [0, 0.05) is 34.1 Å². The number of carbonyl (C=O) groups excluding carboxylic acids is 2. The van der Waals surface area contributed by atoms with Crippen molar-refractivity contribution in [3.05, 3.63) is 69.8 Å². The third kappa shape index (κ3) is 1.44. The second-order valence-corrected chi connectivity index (χ2v) is 6.65. The van der Waals surface area contributed by atoms with Crippen LogP contribution in [0.5, 0.6) is 11.5 Å². The molecule has 2 unspecified atom stereocenters. The average molecular weight is 318 g/mol. The van der Waals surface area contributed by atoms with E-state index in [1.807, 2.05) is 12.2 Å². The SMILES string of the molecule is O=C1c2ccccc2C(=O)c2c(O)c3c(c(O)c21)C1C=CC3CC1. The molecule has 0 saturated heterocycles. The Kier molecular flexibility index (Phi) is 2.46. The monoisotopic (exact) mass is 318 g/mol. The summed E-state index contributed by atoms with van der Waals surface area (Å²) in [5.41, 5.74) is 1.70. The Morgan fingerprint density at radius 3 is 1.54 bits per heavy atom. The van der Waals surface area contributed by atoms with E-state index in [-0.39, 0.29) is 45.6 Å². The van der Waals surface area contributed by atoms with Crippen molar-refractivity contribution in [2.75, 3.05) is 0 Å². The number of carbonyl (C=O) groups is 2. The van der Waals surface area contributed by atoms with Gasteiger partial charge in [-0.15, -0.1) is 0 Å². The smallest absolute Gasteiger partial charge is 0.198 e. The van der Waals surface area contributed by atoms with Crippen molar-refractivity contribution in [2.45, 2.75) is 24.7 Å². The molecule has 0 heterocycles. The molecule has 4 aliphatic rings. The molecule has 6 rings (SSSR count). The maximum atomic E-state index is 12.9. The van der Waals surface area contributed by atoms with Crippen LogP contribution < -0.4 is 0 Å². The number of phenols is 2. The van der Waals surface area contributed by atoms with E-state index in [9.17, 15) is 19.8 Å². The van der Waals surface area contributed by atoms with Gasteiger partial charge in [-0.1, -0.05) is 36.4 Å². The number of phenolic OH excluding ortho intramolecular Hbond substituents is 2. The van der Waals surface area contributed by atoms with Gasteiger partial charge in [-0.3, -0.25) is 9.59 Å². The second-order valence-electron chi connectivity index (χ2n) is 6.65. The zero-order valence-corrected chi connectivity index (χ0v) is 12.7. The van der Waals surface area contributed by atoms with Crippen molar-refractivity contribution >= 4 is 11.6 Å². The number of fused-ring (bicyclic) bond motifs is 3. The van der Waals surface area contributed by atoms with E-state index < -0.39 is 11.6 Å². The van der Waals surface area contributed by atoms with Crippen LogP contribution in [0.15, 0.2) is 36.4 Å². The first-order valence-corrected chi connectivity index (χ1v) is 8.08. The fourth-order valence-electron chi connectivity index (χ4n) is 4.40. The molecule has 0 radical (unpaired) electrons. The quantitative estimate of drug-likeness (QED) is 0.492. The fourth-order valence-corrected chi connectivity index (χ4v) is 4.40. The van der Waals surface area contributed by atoms with Gasteiger partial charge in [0.15, 0.2) is 11.6 Å². The molecule has 4 aliphatic carbocycles. The van der Waals surface area contributed by atoms with Crippen LogP contribution in [0, 0.1) is 0 Å². The summed E-state index contributed by atoms with van der Waals surface area (Å²) in [6, 6.07) is 6.55. The van der Waals surface area contributed by atoms with Crippen LogP contribution in [0.25, 0.3) is 0 Å². The molecule has 2 atom stereocenters. The molecular weight excluding hydrogens is 304 g/mol. The summed E-state index contributed by atoms with van der Waals surface area (Å²) in [4.78, 5) is 25.8. The summed E-state index contributed by atoms with van der Waals surface area (Å²) in [6.45, 7) is 0. The Bertz CT molecular complexity index is 906. The summed E-state index contributed by atoms with van der Waals surface area (Å²) in [5.74, 6) is -1.10. The molecule has 0 aromatic heterocycles. The van der Waals surface area contributed by atoms with E-state index in [1.54, 1.807) is 24.3 Å². The molecule has 0 saturated carbocycles. The Balaban J connectivity index is 1.89. The minimum Gasteiger partial charge on any atom is -0.507 e. The lowest BCUT2D eigenvalue weighted by Crippen LogP contribution is -2.25. The largest absolute Gasteiger partial charge is 0.507 e. The summed E-state index contributed by atoms with van der Waals surface area (Å²) in [6.07, 6.45) is 5.79. The van der Waals surface area contributed by atoms with E-state index >= 15 is 0 Å². The number of ketones is 2. The van der Waals surface area contributed by atoms with E-state index in [0.29, 0.717) is 11.1 Å². The molecule has 0 amide bonds. The number of rotatable bonds is 0. The summed E-state index contributed by atoms with van der Waals surface area (Å²) in [7, 11) is 0. The van der Waals surface area contributed by atoms with Crippen LogP contribution in [0.4, 0.5) is 0 Å². The highest BCUT2D eigenvalue weighted by atomic mass is 16.3. The van der Waals surface area contributed by atoms with Crippen molar-refractivity contribution < 1.29 is 19.8 Å². The lowest BCUT2D eigenvalue weighted by atomic mass is 9.68. The van der Waals surface area contributed by atoms with Gasteiger partial charge in [-0.25, -0.2) is 0 Å². The van der Waals surface area contributed by atoms with E-state index in [1.165, 1.54) is 0 Å². The molecule has 0 fully saturated rings. The van der Waals surface area contributed by atoms with Crippen LogP contribution in [-0.4, -0.2) is 21.8 Å². The number of hydrogen-bond acceptors (Lipinski definition) is 4. The Morgan fingerprint density at radius 1 is 0.750 bits per heavy atom. The maximum Gasteiger partial charge on any atom is 0.198 e. The molecule has 2 N–H and O–H groups in total. The Labute approximate surface area is 138 Å². The zero-order chi connectivity index (χ0) is 16.6. The normalized spacial score (nSPS) is 23.0. The van der Waals surface area contributed by atoms with Gasteiger partial charge in [0.25, 0.3) is 0 Å². The summed E-state index contributed by atoms with van der Waals surface area (Å²) in [5, 5.41) is 21.6. The van der Waals surface area contributed by atoms with Gasteiger partial charge < -0.3 is 10.2 Å². The van der Waals surface area contributed by atoms with Crippen molar-refractivity contribution in [2.24, 2.45) is 0 Å². The molecule has 2 aromatic rings. The molecule has 4 heteroatoms. The summed E-state index contributed by atoms with van der Waals surface area (Å²) < 4.78 is 0.